The fourth-order valence-electron chi connectivity index (χ4n) is 3.01. The maximum Gasteiger partial charge on any atom is 0.193 e. The molecule has 0 atom stereocenters. The van der Waals surface area contributed by atoms with E-state index in [2.05, 4.69) is 38.2 Å². The fourth-order valence-corrected chi connectivity index (χ4v) is 3.01. The van der Waals surface area contributed by atoms with Crippen LogP contribution in [-0.2, 0) is 12.0 Å². The summed E-state index contributed by atoms with van der Waals surface area (Å²) in [5.74, 6) is 0.0608. The minimum absolute atomic E-state index is 0.0608. The zero-order valence-electron chi connectivity index (χ0n) is 15.6. The van der Waals surface area contributed by atoms with Crippen LogP contribution in [0.4, 0.5) is 5.69 Å². The predicted molar refractivity (Wildman–Crippen MR) is 109 cm³/mol. The van der Waals surface area contributed by atoms with Crippen molar-refractivity contribution >= 4 is 11.5 Å². The maximum atomic E-state index is 12.8. The van der Waals surface area contributed by atoms with Gasteiger partial charge in [-0.05, 0) is 34.7 Å². The van der Waals surface area contributed by atoms with Gasteiger partial charge in [0, 0.05) is 23.4 Å². The van der Waals surface area contributed by atoms with E-state index in [1.165, 1.54) is 5.56 Å². The molecule has 0 amide bonds. The third-order valence-corrected chi connectivity index (χ3v) is 4.45. The van der Waals surface area contributed by atoms with Crippen LogP contribution in [0.1, 0.15) is 47.8 Å². The van der Waals surface area contributed by atoms with Crippen molar-refractivity contribution in [2.75, 3.05) is 5.32 Å². The van der Waals surface area contributed by atoms with Gasteiger partial charge in [-0.1, -0.05) is 81.4 Å². The van der Waals surface area contributed by atoms with Gasteiger partial charge in [0.05, 0.1) is 0 Å². The Morgan fingerprint density at radius 3 is 2.04 bits per heavy atom. The summed E-state index contributed by atoms with van der Waals surface area (Å²) in [7, 11) is 0. The molecule has 0 spiro atoms. The second-order valence-electron chi connectivity index (χ2n) is 7.54. The van der Waals surface area contributed by atoms with Crippen LogP contribution in [0.5, 0.6) is 0 Å². The van der Waals surface area contributed by atoms with E-state index in [9.17, 15) is 4.79 Å². The summed E-state index contributed by atoms with van der Waals surface area (Å²) in [4.78, 5) is 12.8. The van der Waals surface area contributed by atoms with Gasteiger partial charge in [-0.3, -0.25) is 4.79 Å². The Balaban J connectivity index is 1.90. The van der Waals surface area contributed by atoms with E-state index in [-0.39, 0.29) is 11.2 Å². The van der Waals surface area contributed by atoms with Gasteiger partial charge in [0.2, 0.25) is 0 Å². The highest BCUT2D eigenvalue weighted by Crippen LogP contribution is 2.31. The zero-order chi connectivity index (χ0) is 18.6. The highest BCUT2D eigenvalue weighted by Gasteiger charge is 2.20. The summed E-state index contributed by atoms with van der Waals surface area (Å²) in [5, 5.41) is 3.53. The SMILES string of the molecule is CC(C)(C)c1cc(C(=O)c2ccccc2)ccc1NCc1ccccc1. The summed E-state index contributed by atoms with van der Waals surface area (Å²) >= 11 is 0. The Labute approximate surface area is 155 Å². The van der Waals surface area contributed by atoms with Crippen molar-refractivity contribution < 1.29 is 4.79 Å². The van der Waals surface area contributed by atoms with Crippen LogP contribution in [0.15, 0.2) is 78.9 Å². The van der Waals surface area contributed by atoms with E-state index in [0.29, 0.717) is 0 Å². The molecule has 2 nitrogen and oxygen atoms in total. The molecule has 0 saturated carbocycles. The quantitative estimate of drug-likeness (QED) is 0.591. The average Bonchev–Trinajstić information content (AvgIpc) is 2.66. The third kappa shape index (κ3) is 4.20. The number of anilines is 1. The Morgan fingerprint density at radius 1 is 0.808 bits per heavy atom. The summed E-state index contributed by atoms with van der Waals surface area (Å²) < 4.78 is 0. The predicted octanol–water partition coefficient (Wildman–Crippen LogP) is 5.83. The first-order valence-corrected chi connectivity index (χ1v) is 8.97. The van der Waals surface area contributed by atoms with Crippen molar-refractivity contribution in [1.29, 1.82) is 0 Å². The van der Waals surface area contributed by atoms with E-state index in [1.54, 1.807) is 0 Å². The number of rotatable bonds is 5. The molecule has 2 heteroatoms. The maximum absolute atomic E-state index is 12.8. The molecular weight excluding hydrogens is 318 g/mol. The molecular formula is C24H25NO. The number of carbonyl (C=O) groups excluding carboxylic acids is 1. The van der Waals surface area contributed by atoms with Crippen molar-refractivity contribution in [1.82, 2.24) is 0 Å². The first-order valence-electron chi connectivity index (χ1n) is 8.97. The third-order valence-electron chi connectivity index (χ3n) is 4.45. The molecule has 0 saturated heterocycles. The van der Waals surface area contributed by atoms with E-state index >= 15 is 0 Å². The van der Waals surface area contributed by atoms with E-state index in [4.69, 9.17) is 0 Å². The molecule has 0 aliphatic rings. The van der Waals surface area contributed by atoms with E-state index < -0.39 is 0 Å². The molecule has 0 bridgehead atoms. The van der Waals surface area contributed by atoms with E-state index in [0.717, 1.165) is 28.9 Å². The standard InChI is InChI=1S/C24H25NO/c1-24(2,3)21-16-20(23(26)19-12-8-5-9-13-19)14-15-22(21)25-17-18-10-6-4-7-11-18/h4-16,25H,17H2,1-3H3. The molecule has 0 aliphatic carbocycles. The second kappa shape index (κ2) is 7.57. The molecule has 0 fully saturated rings. The zero-order valence-corrected chi connectivity index (χ0v) is 15.6. The normalized spacial score (nSPS) is 11.2. The average molecular weight is 343 g/mol. The Morgan fingerprint density at radius 2 is 1.42 bits per heavy atom. The molecule has 132 valence electrons. The molecule has 0 radical (unpaired) electrons. The molecule has 1 N–H and O–H groups in total. The molecule has 0 aromatic heterocycles. The first kappa shape index (κ1) is 17.9. The number of benzene rings is 3. The fraction of sp³-hybridized carbons (Fsp3) is 0.208. The van der Waals surface area contributed by atoms with Crippen molar-refractivity contribution in [2.45, 2.75) is 32.7 Å². The van der Waals surface area contributed by atoms with Crippen molar-refractivity contribution in [2.24, 2.45) is 0 Å². The lowest BCUT2D eigenvalue weighted by Gasteiger charge is -2.24. The molecule has 26 heavy (non-hydrogen) atoms. The molecule has 0 unspecified atom stereocenters. The first-order chi connectivity index (χ1) is 12.4. The van der Waals surface area contributed by atoms with Gasteiger partial charge in [-0.2, -0.15) is 0 Å². The molecule has 3 rings (SSSR count). The van der Waals surface area contributed by atoms with Crippen LogP contribution in [0.3, 0.4) is 0 Å². The summed E-state index contributed by atoms with van der Waals surface area (Å²) in [6.07, 6.45) is 0. The molecule has 3 aromatic rings. The minimum atomic E-state index is -0.0635. The van der Waals surface area contributed by atoms with Gasteiger partial charge < -0.3 is 5.32 Å². The highest BCUT2D eigenvalue weighted by atomic mass is 16.1. The Kier molecular flexibility index (Phi) is 5.22. The van der Waals surface area contributed by atoms with Crippen LogP contribution in [0.25, 0.3) is 0 Å². The number of hydrogen-bond donors (Lipinski definition) is 1. The van der Waals surface area contributed by atoms with Gasteiger partial charge in [0.25, 0.3) is 0 Å². The summed E-state index contributed by atoms with van der Waals surface area (Å²) in [5.41, 5.74) is 4.84. The lowest BCUT2D eigenvalue weighted by atomic mass is 9.84. The van der Waals surface area contributed by atoms with Crippen LogP contribution >= 0.6 is 0 Å². The van der Waals surface area contributed by atoms with Crippen molar-refractivity contribution in [3.05, 3.63) is 101 Å². The lowest BCUT2D eigenvalue weighted by Crippen LogP contribution is -2.16. The monoisotopic (exact) mass is 343 g/mol. The molecule has 3 aromatic carbocycles. The van der Waals surface area contributed by atoms with E-state index in [1.807, 2.05) is 66.7 Å². The van der Waals surface area contributed by atoms with Gasteiger partial charge in [0.1, 0.15) is 0 Å². The Bertz CT molecular complexity index is 877. The van der Waals surface area contributed by atoms with Gasteiger partial charge >= 0.3 is 0 Å². The molecule has 0 heterocycles. The highest BCUT2D eigenvalue weighted by molar-refractivity contribution is 6.09. The van der Waals surface area contributed by atoms with Crippen molar-refractivity contribution in [3.63, 3.8) is 0 Å². The molecule has 0 aliphatic heterocycles. The van der Waals surface area contributed by atoms with Gasteiger partial charge in [-0.15, -0.1) is 0 Å². The van der Waals surface area contributed by atoms with Gasteiger partial charge in [-0.25, -0.2) is 0 Å². The van der Waals surface area contributed by atoms with Crippen LogP contribution in [0, 0.1) is 0 Å². The number of hydrogen-bond acceptors (Lipinski definition) is 2. The topological polar surface area (TPSA) is 29.1 Å². The summed E-state index contributed by atoms with van der Waals surface area (Å²) in [6, 6.07) is 25.7. The summed E-state index contributed by atoms with van der Waals surface area (Å²) in [6.45, 7) is 7.28. The smallest absolute Gasteiger partial charge is 0.193 e. The van der Waals surface area contributed by atoms with Crippen LogP contribution < -0.4 is 5.32 Å². The number of ketones is 1. The van der Waals surface area contributed by atoms with Gasteiger partial charge in [0.15, 0.2) is 5.78 Å². The lowest BCUT2D eigenvalue weighted by molar-refractivity contribution is 0.103. The van der Waals surface area contributed by atoms with Crippen LogP contribution in [-0.4, -0.2) is 5.78 Å². The Hall–Kier alpha value is -2.87. The number of nitrogens with one attached hydrogen (secondary N) is 1. The van der Waals surface area contributed by atoms with Crippen molar-refractivity contribution in [3.8, 4) is 0 Å². The largest absolute Gasteiger partial charge is 0.381 e. The second-order valence-corrected chi connectivity index (χ2v) is 7.54. The van der Waals surface area contributed by atoms with Crippen LogP contribution in [0.2, 0.25) is 0 Å². The number of carbonyl (C=O) groups is 1. The minimum Gasteiger partial charge on any atom is -0.381 e.